The molecule has 1 amide bonds. The predicted molar refractivity (Wildman–Crippen MR) is 65.8 cm³/mol. The van der Waals surface area contributed by atoms with Gasteiger partial charge in [-0.1, -0.05) is 11.6 Å². The Bertz CT molecular complexity index is 361. The first-order chi connectivity index (χ1) is 7.13. The lowest BCUT2D eigenvalue weighted by Crippen LogP contribution is -2.19. The molecule has 0 heterocycles. The van der Waals surface area contributed by atoms with Crippen LogP contribution in [0.15, 0.2) is 18.2 Å². The van der Waals surface area contributed by atoms with Crippen molar-refractivity contribution in [3.8, 4) is 0 Å². The Kier molecular flexibility index (Phi) is 7.05. The minimum Gasteiger partial charge on any atom is -0.324 e. The largest absolute Gasteiger partial charge is 0.324 e. The highest BCUT2D eigenvalue weighted by Gasteiger charge is 2.06. The molecule has 0 aliphatic carbocycles. The van der Waals surface area contributed by atoms with Crippen LogP contribution in [0.25, 0.3) is 0 Å². The van der Waals surface area contributed by atoms with E-state index in [4.69, 9.17) is 11.6 Å². The zero-order chi connectivity index (χ0) is 11.3. The number of hydrogen-bond donors (Lipinski definition) is 2. The Morgan fingerprint density at radius 1 is 1.50 bits per heavy atom. The molecule has 0 aliphatic heterocycles. The van der Waals surface area contributed by atoms with Gasteiger partial charge in [0.2, 0.25) is 5.91 Å². The Balaban J connectivity index is 0.00000225. The van der Waals surface area contributed by atoms with Gasteiger partial charge in [-0.05, 0) is 25.2 Å². The third-order valence-electron chi connectivity index (χ3n) is 1.81. The number of halogens is 3. The molecule has 0 aromatic heterocycles. The van der Waals surface area contributed by atoms with Crippen molar-refractivity contribution >= 4 is 35.6 Å². The van der Waals surface area contributed by atoms with Gasteiger partial charge in [0.25, 0.3) is 0 Å². The maximum absolute atomic E-state index is 13.2. The summed E-state index contributed by atoms with van der Waals surface area (Å²) in [6, 6.07) is 4.13. The summed E-state index contributed by atoms with van der Waals surface area (Å²) in [6.07, 6.45) is 0.304. The first-order valence-electron chi connectivity index (χ1n) is 4.53. The van der Waals surface area contributed by atoms with Gasteiger partial charge in [0.1, 0.15) is 5.82 Å². The van der Waals surface area contributed by atoms with Gasteiger partial charge in [-0.3, -0.25) is 4.79 Å². The van der Waals surface area contributed by atoms with Gasteiger partial charge < -0.3 is 10.6 Å². The van der Waals surface area contributed by atoms with Gasteiger partial charge in [0.05, 0.1) is 5.69 Å². The quantitative estimate of drug-likeness (QED) is 0.879. The fourth-order valence-electron chi connectivity index (χ4n) is 1.04. The van der Waals surface area contributed by atoms with Crippen LogP contribution in [0.5, 0.6) is 0 Å². The molecule has 0 saturated heterocycles. The van der Waals surface area contributed by atoms with Crippen LogP contribution in [0.2, 0.25) is 5.02 Å². The molecule has 0 unspecified atom stereocenters. The van der Waals surface area contributed by atoms with E-state index >= 15 is 0 Å². The fraction of sp³-hybridized carbons (Fsp3) is 0.300. The van der Waals surface area contributed by atoms with Crippen molar-refractivity contribution in [3.63, 3.8) is 0 Å². The molecule has 1 aromatic rings. The average molecular weight is 267 g/mol. The number of benzene rings is 1. The van der Waals surface area contributed by atoms with Crippen molar-refractivity contribution in [1.29, 1.82) is 0 Å². The molecular formula is C10H13Cl2FN2O. The van der Waals surface area contributed by atoms with Gasteiger partial charge in [-0.15, -0.1) is 12.4 Å². The van der Waals surface area contributed by atoms with Crippen LogP contribution in [0, 0.1) is 5.82 Å². The van der Waals surface area contributed by atoms with E-state index in [1.807, 2.05) is 0 Å². The van der Waals surface area contributed by atoms with Gasteiger partial charge >= 0.3 is 0 Å². The van der Waals surface area contributed by atoms with E-state index < -0.39 is 5.82 Å². The molecule has 0 bridgehead atoms. The lowest BCUT2D eigenvalue weighted by atomic mass is 10.3. The zero-order valence-corrected chi connectivity index (χ0v) is 10.3. The maximum atomic E-state index is 13.2. The molecule has 1 aromatic carbocycles. The Morgan fingerprint density at radius 2 is 2.19 bits per heavy atom. The smallest absolute Gasteiger partial charge is 0.225 e. The van der Waals surface area contributed by atoms with Crippen molar-refractivity contribution in [3.05, 3.63) is 29.0 Å². The lowest BCUT2D eigenvalue weighted by Gasteiger charge is -2.06. The van der Waals surface area contributed by atoms with E-state index in [1.165, 1.54) is 12.1 Å². The number of nitrogens with one attached hydrogen (secondary N) is 2. The first-order valence-corrected chi connectivity index (χ1v) is 4.91. The standard InChI is InChI=1S/C10H12ClFN2O.ClH/c1-13-5-4-10(15)14-9-3-2-7(11)6-8(9)12;/h2-3,6,13H,4-5H2,1H3,(H,14,15);1H. The predicted octanol–water partition coefficient (Wildman–Crippen LogP) is 2.45. The molecule has 90 valence electrons. The monoisotopic (exact) mass is 266 g/mol. The molecule has 2 N–H and O–H groups in total. The summed E-state index contributed by atoms with van der Waals surface area (Å²) in [4.78, 5) is 11.3. The summed E-state index contributed by atoms with van der Waals surface area (Å²) in [7, 11) is 1.75. The van der Waals surface area contributed by atoms with Crippen molar-refractivity contribution < 1.29 is 9.18 Å². The number of amides is 1. The van der Waals surface area contributed by atoms with Crippen LogP contribution >= 0.6 is 24.0 Å². The highest BCUT2D eigenvalue weighted by atomic mass is 35.5. The van der Waals surface area contributed by atoms with Crippen LogP contribution in [-0.4, -0.2) is 19.5 Å². The van der Waals surface area contributed by atoms with E-state index in [0.29, 0.717) is 18.0 Å². The van der Waals surface area contributed by atoms with Crippen LogP contribution in [0.4, 0.5) is 10.1 Å². The molecule has 6 heteroatoms. The summed E-state index contributed by atoms with van der Waals surface area (Å²) < 4.78 is 13.2. The Morgan fingerprint density at radius 3 is 2.75 bits per heavy atom. The molecule has 16 heavy (non-hydrogen) atoms. The fourth-order valence-corrected chi connectivity index (χ4v) is 1.20. The summed E-state index contributed by atoms with van der Waals surface area (Å²) in [6.45, 7) is 0.557. The SMILES string of the molecule is CNCCC(=O)Nc1ccc(Cl)cc1F.Cl. The number of rotatable bonds is 4. The topological polar surface area (TPSA) is 41.1 Å². The maximum Gasteiger partial charge on any atom is 0.225 e. The molecule has 0 atom stereocenters. The summed E-state index contributed by atoms with van der Waals surface area (Å²) in [5, 5.41) is 5.60. The summed E-state index contributed by atoms with van der Waals surface area (Å²) in [5.74, 6) is -0.758. The number of hydrogen-bond acceptors (Lipinski definition) is 2. The summed E-state index contributed by atoms with van der Waals surface area (Å²) >= 11 is 5.57. The third kappa shape index (κ3) is 4.79. The van der Waals surface area contributed by atoms with E-state index in [2.05, 4.69) is 10.6 Å². The molecule has 0 saturated carbocycles. The second-order valence-corrected chi connectivity index (χ2v) is 3.46. The van der Waals surface area contributed by atoms with Crippen LogP contribution in [0.1, 0.15) is 6.42 Å². The minimum absolute atomic E-state index is 0. The molecule has 0 aliphatic rings. The van der Waals surface area contributed by atoms with E-state index in [0.717, 1.165) is 6.07 Å². The molecule has 0 radical (unpaired) electrons. The first kappa shape index (κ1) is 15.2. The van der Waals surface area contributed by atoms with Gasteiger partial charge in [0.15, 0.2) is 0 Å². The average Bonchev–Trinajstić information content (AvgIpc) is 2.19. The van der Waals surface area contributed by atoms with Crippen molar-refractivity contribution in [2.24, 2.45) is 0 Å². The van der Waals surface area contributed by atoms with Gasteiger partial charge in [0, 0.05) is 18.0 Å². The molecular weight excluding hydrogens is 254 g/mol. The molecule has 1 rings (SSSR count). The molecule has 0 spiro atoms. The number of carbonyl (C=O) groups excluding carboxylic acids is 1. The number of carbonyl (C=O) groups is 1. The second kappa shape index (κ2) is 7.44. The van der Waals surface area contributed by atoms with E-state index in [1.54, 1.807) is 7.05 Å². The van der Waals surface area contributed by atoms with Gasteiger partial charge in [-0.2, -0.15) is 0 Å². The highest BCUT2D eigenvalue weighted by Crippen LogP contribution is 2.18. The van der Waals surface area contributed by atoms with Crippen LogP contribution < -0.4 is 10.6 Å². The number of anilines is 1. The van der Waals surface area contributed by atoms with Gasteiger partial charge in [-0.25, -0.2) is 4.39 Å². The van der Waals surface area contributed by atoms with Crippen LogP contribution in [-0.2, 0) is 4.79 Å². The molecule has 3 nitrogen and oxygen atoms in total. The van der Waals surface area contributed by atoms with Crippen molar-refractivity contribution in [1.82, 2.24) is 5.32 Å². The lowest BCUT2D eigenvalue weighted by molar-refractivity contribution is -0.116. The van der Waals surface area contributed by atoms with Crippen LogP contribution in [0.3, 0.4) is 0 Å². The van der Waals surface area contributed by atoms with E-state index in [-0.39, 0.29) is 24.0 Å². The third-order valence-corrected chi connectivity index (χ3v) is 2.04. The van der Waals surface area contributed by atoms with E-state index in [9.17, 15) is 9.18 Å². The van der Waals surface area contributed by atoms with Crippen molar-refractivity contribution in [2.45, 2.75) is 6.42 Å². The zero-order valence-electron chi connectivity index (χ0n) is 8.72. The Hall–Kier alpha value is -0.840. The summed E-state index contributed by atoms with van der Waals surface area (Å²) in [5.41, 5.74) is 0.153. The highest BCUT2D eigenvalue weighted by molar-refractivity contribution is 6.30. The Labute approximate surface area is 105 Å². The normalized spacial score (nSPS) is 9.44. The molecule has 0 fully saturated rings. The second-order valence-electron chi connectivity index (χ2n) is 3.03. The minimum atomic E-state index is -0.527. The van der Waals surface area contributed by atoms with Crippen molar-refractivity contribution in [2.75, 3.05) is 18.9 Å².